The molecule has 1 amide bonds. The molecule has 2 aromatic rings. The molecule has 6 heteroatoms. The summed E-state index contributed by atoms with van der Waals surface area (Å²) in [5, 5.41) is 3.25. The largest absolute Gasteiger partial charge is 0.308 e. The number of halogens is 1. The van der Waals surface area contributed by atoms with Crippen molar-refractivity contribution in [3.63, 3.8) is 0 Å². The van der Waals surface area contributed by atoms with Gasteiger partial charge in [-0.25, -0.2) is 4.39 Å². The van der Waals surface area contributed by atoms with E-state index in [0.717, 1.165) is 17.7 Å². The van der Waals surface area contributed by atoms with Gasteiger partial charge in [0.15, 0.2) is 0 Å². The zero-order chi connectivity index (χ0) is 14.7. The van der Waals surface area contributed by atoms with Crippen LogP contribution < -0.4 is 10.2 Å². The summed E-state index contributed by atoms with van der Waals surface area (Å²) in [5.41, 5.74) is 2.14. The van der Waals surface area contributed by atoms with Crippen molar-refractivity contribution in [2.45, 2.75) is 25.4 Å². The minimum Gasteiger partial charge on any atom is -0.308 e. The van der Waals surface area contributed by atoms with Gasteiger partial charge < -0.3 is 10.2 Å². The number of benzene rings is 1. The smallest absolute Gasteiger partial charge is 0.244 e. The number of carbonyl (C=O) groups excluding carboxylic acids is 1. The van der Waals surface area contributed by atoms with Gasteiger partial charge in [-0.2, -0.15) is 0 Å². The number of para-hydroxylation sites is 1. The number of anilines is 1. The fourth-order valence-corrected chi connectivity index (χ4v) is 3.07. The normalized spacial score (nSPS) is 19.0. The Morgan fingerprint density at radius 3 is 3.05 bits per heavy atom. The summed E-state index contributed by atoms with van der Waals surface area (Å²) < 4.78 is 13.9. The zero-order valence-corrected chi connectivity index (χ0v) is 12.3. The number of nitrogens with one attached hydrogen (secondary N) is 1. The van der Waals surface area contributed by atoms with Gasteiger partial charge in [0, 0.05) is 24.2 Å². The molecule has 2 heterocycles. The highest BCUT2D eigenvalue weighted by Gasteiger charge is 2.30. The molecule has 1 aliphatic heterocycles. The van der Waals surface area contributed by atoms with Crippen LogP contribution in [0, 0.1) is 5.82 Å². The molecule has 110 valence electrons. The molecule has 1 aromatic heterocycles. The topological polar surface area (TPSA) is 45.2 Å². The van der Waals surface area contributed by atoms with Crippen LogP contribution in [0.1, 0.15) is 17.7 Å². The van der Waals surface area contributed by atoms with E-state index in [1.807, 2.05) is 0 Å². The second-order valence-electron chi connectivity index (χ2n) is 4.98. The average Bonchev–Trinajstić information content (AvgIpc) is 3.00. The van der Waals surface area contributed by atoms with Crippen LogP contribution in [0.3, 0.4) is 0 Å². The maximum Gasteiger partial charge on any atom is 0.244 e. The van der Waals surface area contributed by atoms with Crippen molar-refractivity contribution in [1.82, 2.24) is 10.3 Å². The highest BCUT2D eigenvalue weighted by atomic mass is 32.1. The molecule has 0 aliphatic carbocycles. The number of aromatic nitrogens is 1. The Balaban J connectivity index is 1.70. The maximum absolute atomic E-state index is 13.9. The quantitative estimate of drug-likeness (QED) is 0.944. The molecule has 0 radical (unpaired) electrons. The Hall–Kier alpha value is -1.79. The van der Waals surface area contributed by atoms with Crippen LogP contribution in [-0.2, 0) is 11.3 Å². The first-order valence-corrected chi connectivity index (χ1v) is 7.80. The number of amides is 1. The predicted octanol–water partition coefficient (Wildman–Crippen LogP) is 2.57. The monoisotopic (exact) mass is 305 g/mol. The Labute approximate surface area is 126 Å². The third-order valence-electron chi connectivity index (χ3n) is 3.59. The van der Waals surface area contributed by atoms with E-state index in [2.05, 4.69) is 10.3 Å². The van der Waals surface area contributed by atoms with Gasteiger partial charge >= 0.3 is 0 Å². The molecular formula is C15H16FN3OS. The highest BCUT2D eigenvalue weighted by molar-refractivity contribution is 7.09. The SMILES string of the molecule is O=C1C(NCc2cncs2)CCCN1c1ccccc1F. The lowest BCUT2D eigenvalue weighted by molar-refractivity contribution is -0.121. The molecule has 1 aliphatic rings. The summed E-state index contributed by atoms with van der Waals surface area (Å²) in [4.78, 5) is 19.2. The summed E-state index contributed by atoms with van der Waals surface area (Å²) in [7, 11) is 0. The lowest BCUT2D eigenvalue weighted by atomic mass is 10.0. The summed E-state index contributed by atoms with van der Waals surface area (Å²) in [5.74, 6) is -0.412. The standard InChI is InChI=1S/C15H16FN3OS/c16-12-4-1-2-6-14(12)19-7-3-5-13(15(19)20)18-9-11-8-17-10-21-11/h1-2,4,6,8,10,13,18H,3,5,7,9H2. The molecule has 3 rings (SSSR count). The number of carbonyl (C=O) groups is 1. The number of hydrogen-bond acceptors (Lipinski definition) is 4. The van der Waals surface area contributed by atoms with Gasteiger partial charge in [-0.05, 0) is 25.0 Å². The van der Waals surface area contributed by atoms with Gasteiger partial charge in [0.05, 0.1) is 17.2 Å². The van der Waals surface area contributed by atoms with E-state index in [-0.39, 0.29) is 17.8 Å². The Morgan fingerprint density at radius 1 is 1.43 bits per heavy atom. The lowest BCUT2D eigenvalue weighted by Gasteiger charge is -2.32. The van der Waals surface area contributed by atoms with E-state index >= 15 is 0 Å². The molecular weight excluding hydrogens is 289 g/mol. The van der Waals surface area contributed by atoms with Crippen molar-refractivity contribution in [3.05, 3.63) is 46.7 Å². The second kappa shape index (κ2) is 6.32. The van der Waals surface area contributed by atoms with Crippen molar-refractivity contribution in [1.29, 1.82) is 0 Å². The summed E-state index contributed by atoms with van der Waals surface area (Å²) in [6, 6.07) is 6.16. The van der Waals surface area contributed by atoms with Crippen LogP contribution >= 0.6 is 11.3 Å². The van der Waals surface area contributed by atoms with Gasteiger partial charge in [0.1, 0.15) is 5.82 Å². The summed E-state index contributed by atoms with van der Waals surface area (Å²) in [6.45, 7) is 1.19. The number of piperidine rings is 1. The Morgan fingerprint density at radius 2 is 2.29 bits per heavy atom. The number of thiazole rings is 1. The molecule has 1 aromatic carbocycles. The van der Waals surface area contributed by atoms with Crippen LogP contribution in [0.25, 0.3) is 0 Å². The van der Waals surface area contributed by atoms with E-state index in [0.29, 0.717) is 18.8 Å². The van der Waals surface area contributed by atoms with Gasteiger partial charge in [-0.1, -0.05) is 12.1 Å². The predicted molar refractivity (Wildman–Crippen MR) is 80.7 cm³/mol. The molecule has 1 N–H and O–H groups in total. The third kappa shape index (κ3) is 3.11. The van der Waals surface area contributed by atoms with Crippen molar-refractivity contribution in [2.75, 3.05) is 11.4 Å². The van der Waals surface area contributed by atoms with E-state index in [9.17, 15) is 9.18 Å². The van der Waals surface area contributed by atoms with Crippen molar-refractivity contribution >= 4 is 22.9 Å². The Bertz CT molecular complexity index is 617. The van der Waals surface area contributed by atoms with E-state index in [4.69, 9.17) is 0 Å². The zero-order valence-electron chi connectivity index (χ0n) is 11.5. The maximum atomic E-state index is 13.9. The van der Waals surface area contributed by atoms with E-state index in [1.54, 1.807) is 46.1 Å². The first-order chi connectivity index (χ1) is 10.3. The van der Waals surface area contributed by atoms with Crippen LogP contribution in [0.15, 0.2) is 36.0 Å². The molecule has 4 nitrogen and oxygen atoms in total. The fourth-order valence-electron chi connectivity index (χ4n) is 2.53. The van der Waals surface area contributed by atoms with E-state index < -0.39 is 0 Å². The lowest BCUT2D eigenvalue weighted by Crippen LogP contribution is -2.50. The minimum atomic E-state index is -0.353. The molecule has 0 saturated carbocycles. The number of hydrogen-bond donors (Lipinski definition) is 1. The average molecular weight is 305 g/mol. The van der Waals surface area contributed by atoms with Crippen LogP contribution in [0.2, 0.25) is 0 Å². The number of rotatable bonds is 4. The van der Waals surface area contributed by atoms with Gasteiger partial charge in [0.25, 0.3) is 0 Å². The molecule has 0 bridgehead atoms. The highest BCUT2D eigenvalue weighted by Crippen LogP contribution is 2.24. The molecule has 1 atom stereocenters. The van der Waals surface area contributed by atoms with Crippen LogP contribution in [0.4, 0.5) is 10.1 Å². The summed E-state index contributed by atoms with van der Waals surface area (Å²) in [6.07, 6.45) is 3.43. The Kier molecular flexibility index (Phi) is 4.26. The molecule has 1 fully saturated rings. The number of nitrogens with zero attached hydrogens (tertiary/aromatic N) is 2. The van der Waals surface area contributed by atoms with Crippen LogP contribution in [-0.4, -0.2) is 23.5 Å². The molecule has 21 heavy (non-hydrogen) atoms. The van der Waals surface area contributed by atoms with Gasteiger partial charge in [0.2, 0.25) is 5.91 Å². The minimum absolute atomic E-state index is 0.0594. The first-order valence-electron chi connectivity index (χ1n) is 6.92. The van der Waals surface area contributed by atoms with Crippen molar-refractivity contribution in [3.8, 4) is 0 Å². The first kappa shape index (κ1) is 14.2. The third-order valence-corrected chi connectivity index (χ3v) is 4.37. The van der Waals surface area contributed by atoms with Crippen molar-refractivity contribution < 1.29 is 9.18 Å². The van der Waals surface area contributed by atoms with Crippen molar-refractivity contribution in [2.24, 2.45) is 0 Å². The second-order valence-corrected chi connectivity index (χ2v) is 5.96. The van der Waals surface area contributed by atoms with Gasteiger partial charge in [-0.15, -0.1) is 11.3 Å². The fraction of sp³-hybridized carbons (Fsp3) is 0.333. The van der Waals surface area contributed by atoms with E-state index in [1.165, 1.54) is 6.07 Å². The molecule has 0 spiro atoms. The molecule has 1 saturated heterocycles. The van der Waals surface area contributed by atoms with Crippen LogP contribution in [0.5, 0.6) is 0 Å². The molecule has 1 unspecified atom stereocenters. The van der Waals surface area contributed by atoms with Gasteiger partial charge in [-0.3, -0.25) is 9.78 Å². The summed E-state index contributed by atoms with van der Waals surface area (Å²) >= 11 is 1.55.